The first kappa shape index (κ1) is 31.1. The van der Waals surface area contributed by atoms with Gasteiger partial charge in [0.25, 0.3) is 0 Å². The fraction of sp³-hybridized carbons (Fsp3) is 0.364. The van der Waals surface area contributed by atoms with Crippen LogP contribution in [0.25, 0.3) is 10.9 Å². The van der Waals surface area contributed by atoms with E-state index in [9.17, 15) is 9.18 Å². The summed E-state index contributed by atoms with van der Waals surface area (Å²) >= 11 is 0. The number of aromatic nitrogens is 2. The van der Waals surface area contributed by atoms with Gasteiger partial charge >= 0.3 is 6.03 Å². The maximum Gasteiger partial charge on any atom is 0.319 e. The standard InChI is InChI=1S/C33H36FN5O7/c1-21(22-4-6-23(34)7-5-22)37-33(40)38-24-8-9-26(27(18-24)41-2)46-32-29-25(35-20-36-32)19-28(30-31(29)45-17-16-44-30)43-13-3-10-39-11-14-42-15-12-39/h4-9,18-21H,3,10-17H2,1-2H3,(H2,37,38,40). The molecule has 0 radical (unpaired) electrons. The van der Waals surface area contributed by atoms with Gasteiger partial charge in [-0.25, -0.2) is 19.2 Å². The number of rotatable bonds is 11. The maximum atomic E-state index is 13.3. The Morgan fingerprint density at radius 1 is 0.978 bits per heavy atom. The van der Waals surface area contributed by atoms with E-state index in [4.69, 9.17) is 28.4 Å². The van der Waals surface area contributed by atoms with Gasteiger partial charge in [0.2, 0.25) is 11.6 Å². The zero-order valence-corrected chi connectivity index (χ0v) is 25.7. The number of ether oxygens (including phenoxy) is 6. The van der Waals surface area contributed by atoms with Gasteiger partial charge in [0.15, 0.2) is 23.0 Å². The van der Waals surface area contributed by atoms with Crippen LogP contribution in [-0.4, -0.2) is 80.7 Å². The summed E-state index contributed by atoms with van der Waals surface area (Å²) < 4.78 is 48.7. The number of carbonyl (C=O) groups excluding carboxylic acids is 1. The van der Waals surface area contributed by atoms with E-state index in [0.29, 0.717) is 65.2 Å². The largest absolute Gasteiger partial charge is 0.493 e. The number of nitrogens with zero attached hydrogens (tertiary/aromatic N) is 3. The van der Waals surface area contributed by atoms with Crippen LogP contribution in [0.5, 0.6) is 34.6 Å². The predicted octanol–water partition coefficient (Wildman–Crippen LogP) is 5.32. The molecule has 1 aromatic heterocycles. The summed E-state index contributed by atoms with van der Waals surface area (Å²) in [6.07, 6.45) is 2.26. The van der Waals surface area contributed by atoms with Crippen molar-refractivity contribution in [3.05, 3.63) is 66.2 Å². The second-order valence-electron chi connectivity index (χ2n) is 10.8. The second-order valence-corrected chi connectivity index (χ2v) is 10.8. The number of fused-ring (bicyclic) bond motifs is 3. The Hall–Kier alpha value is -4.88. The first-order chi connectivity index (χ1) is 22.5. The molecular weight excluding hydrogens is 597 g/mol. The Morgan fingerprint density at radius 3 is 2.54 bits per heavy atom. The van der Waals surface area contributed by atoms with E-state index in [0.717, 1.165) is 44.8 Å². The molecule has 2 amide bonds. The van der Waals surface area contributed by atoms with E-state index >= 15 is 0 Å². The number of urea groups is 1. The third-order valence-electron chi connectivity index (χ3n) is 7.67. The molecule has 12 nitrogen and oxygen atoms in total. The third kappa shape index (κ3) is 7.32. The van der Waals surface area contributed by atoms with Crippen LogP contribution >= 0.6 is 0 Å². The molecule has 1 saturated heterocycles. The first-order valence-electron chi connectivity index (χ1n) is 15.2. The smallest absolute Gasteiger partial charge is 0.319 e. The predicted molar refractivity (Wildman–Crippen MR) is 168 cm³/mol. The molecule has 0 bridgehead atoms. The molecule has 2 aliphatic heterocycles. The van der Waals surface area contributed by atoms with Crippen molar-refractivity contribution in [2.45, 2.75) is 19.4 Å². The van der Waals surface area contributed by atoms with E-state index in [1.54, 1.807) is 30.3 Å². The van der Waals surface area contributed by atoms with Crippen LogP contribution in [0.2, 0.25) is 0 Å². The molecule has 13 heteroatoms. The number of nitrogens with one attached hydrogen (secondary N) is 2. The molecule has 0 aliphatic carbocycles. The molecule has 6 rings (SSSR count). The summed E-state index contributed by atoms with van der Waals surface area (Å²) in [4.78, 5) is 23.9. The van der Waals surface area contributed by atoms with Crippen LogP contribution in [0.15, 0.2) is 54.9 Å². The van der Waals surface area contributed by atoms with Gasteiger partial charge in [0, 0.05) is 37.5 Å². The Balaban J connectivity index is 1.16. The van der Waals surface area contributed by atoms with Gasteiger partial charge in [-0.15, -0.1) is 0 Å². The Morgan fingerprint density at radius 2 is 1.76 bits per heavy atom. The van der Waals surface area contributed by atoms with Crippen LogP contribution in [-0.2, 0) is 4.74 Å². The molecule has 0 saturated carbocycles. The van der Waals surface area contributed by atoms with Crippen molar-refractivity contribution in [2.24, 2.45) is 0 Å². The van der Waals surface area contributed by atoms with Crippen molar-refractivity contribution < 1.29 is 37.6 Å². The van der Waals surface area contributed by atoms with Gasteiger partial charge in [0.05, 0.1) is 38.5 Å². The van der Waals surface area contributed by atoms with Crippen LogP contribution in [0.3, 0.4) is 0 Å². The normalized spacial score (nSPS) is 15.2. The van der Waals surface area contributed by atoms with Crippen LogP contribution < -0.4 is 34.3 Å². The molecule has 1 fully saturated rings. The minimum atomic E-state index is -0.433. The Labute approximate surface area is 265 Å². The van der Waals surface area contributed by atoms with E-state index in [-0.39, 0.29) is 17.7 Å². The average Bonchev–Trinajstić information content (AvgIpc) is 3.08. The van der Waals surface area contributed by atoms with Gasteiger partial charge in [-0.1, -0.05) is 12.1 Å². The molecule has 1 atom stereocenters. The van der Waals surface area contributed by atoms with Crippen molar-refractivity contribution in [3.63, 3.8) is 0 Å². The number of amides is 2. The molecule has 3 aromatic carbocycles. The zero-order chi connectivity index (χ0) is 31.9. The molecule has 2 aliphatic rings. The summed E-state index contributed by atoms with van der Waals surface area (Å²) in [5.41, 5.74) is 1.82. The number of morpholine rings is 1. The van der Waals surface area contributed by atoms with Crippen molar-refractivity contribution in [1.29, 1.82) is 0 Å². The zero-order valence-electron chi connectivity index (χ0n) is 25.7. The number of carbonyl (C=O) groups is 1. The lowest BCUT2D eigenvalue weighted by atomic mass is 10.1. The summed E-state index contributed by atoms with van der Waals surface area (Å²) in [6.45, 7) is 7.36. The second kappa shape index (κ2) is 14.5. The topological polar surface area (TPSA) is 126 Å². The summed E-state index contributed by atoms with van der Waals surface area (Å²) in [5, 5.41) is 6.17. The first-order valence-corrected chi connectivity index (χ1v) is 15.2. The number of hydrogen-bond acceptors (Lipinski definition) is 10. The minimum absolute atomic E-state index is 0.246. The number of methoxy groups -OCH3 is 1. The van der Waals surface area contributed by atoms with Gasteiger partial charge in [-0.05, 0) is 43.2 Å². The molecule has 46 heavy (non-hydrogen) atoms. The van der Waals surface area contributed by atoms with Gasteiger partial charge in [-0.2, -0.15) is 0 Å². The highest BCUT2D eigenvalue weighted by Gasteiger charge is 2.26. The number of hydrogen-bond donors (Lipinski definition) is 2. The highest BCUT2D eigenvalue weighted by molar-refractivity contribution is 5.94. The Kier molecular flexibility index (Phi) is 9.79. The molecular formula is C33H36FN5O7. The van der Waals surface area contributed by atoms with Crippen molar-refractivity contribution in [1.82, 2.24) is 20.2 Å². The summed E-state index contributed by atoms with van der Waals surface area (Å²) in [6, 6.07) is 12.0. The molecule has 1 unspecified atom stereocenters. The molecule has 3 heterocycles. The lowest BCUT2D eigenvalue weighted by Gasteiger charge is -2.26. The highest BCUT2D eigenvalue weighted by atomic mass is 19.1. The molecule has 242 valence electrons. The van der Waals surface area contributed by atoms with E-state index < -0.39 is 6.03 Å². The minimum Gasteiger partial charge on any atom is -0.493 e. The van der Waals surface area contributed by atoms with Crippen molar-refractivity contribution >= 4 is 22.6 Å². The molecule has 0 spiro atoms. The average molecular weight is 634 g/mol. The fourth-order valence-corrected chi connectivity index (χ4v) is 5.29. The summed E-state index contributed by atoms with van der Waals surface area (Å²) in [7, 11) is 1.50. The van der Waals surface area contributed by atoms with Gasteiger partial charge < -0.3 is 39.1 Å². The Bertz CT molecular complexity index is 1670. The fourth-order valence-electron chi connectivity index (χ4n) is 5.29. The quantitative estimate of drug-likeness (QED) is 0.210. The number of anilines is 1. The highest BCUT2D eigenvalue weighted by Crippen LogP contribution is 2.48. The number of halogens is 1. The lowest BCUT2D eigenvalue weighted by molar-refractivity contribution is 0.0357. The van der Waals surface area contributed by atoms with Crippen LogP contribution in [0.1, 0.15) is 24.9 Å². The van der Waals surface area contributed by atoms with E-state index in [2.05, 4.69) is 25.5 Å². The monoisotopic (exact) mass is 633 g/mol. The SMILES string of the molecule is COc1cc(NC(=O)NC(C)c2ccc(F)cc2)ccc1Oc1ncnc2cc(OCCCN3CCOCC3)c3c(c12)OCCO3. The summed E-state index contributed by atoms with van der Waals surface area (Å²) in [5.74, 6) is 2.12. The van der Waals surface area contributed by atoms with Gasteiger partial charge in [0.1, 0.15) is 30.7 Å². The molecule has 4 aromatic rings. The van der Waals surface area contributed by atoms with Gasteiger partial charge in [-0.3, -0.25) is 4.90 Å². The van der Waals surface area contributed by atoms with E-state index in [1.807, 2.05) is 13.0 Å². The van der Waals surface area contributed by atoms with E-state index in [1.165, 1.54) is 25.6 Å². The van der Waals surface area contributed by atoms with Crippen LogP contribution in [0, 0.1) is 5.82 Å². The van der Waals surface area contributed by atoms with Crippen LogP contribution in [0.4, 0.5) is 14.9 Å². The third-order valence-corrected chi connectivity index (χ3v) is 7.67. The molecule has 2 N–H and O–H groups in total. The van der Waals surface area contributed by atoms with Crippen molar-refractivity contribution in [2.75, 3.05) is 65.1 Å². The number of benzene rings is 3. The lowest BCUT2D eigenvalue weighted by Crippen LogP contribution is -2.37. The maximum absolute atomic E-state index is 13.3. The van der Waals surface area contributed by atoms with Crippen molar-refractivity contribution in [3.8, 4) is 34.6 Å².